The first-order valence-electron chi connectivity index (χ1n) is 5.83. The summed E-state index contributed by atoms with van der Waals surface area (Å²) in [6.45, 7) is 5.73. The highest BCUT2D eigenvalue weighted by Gasteiger charge is 2.29. The minimum Gasteiger partial charge on any atom is -0.465 e. The van der Waals surface area contributed by atoms with Crippen molar-refractivity contribution in [2.45, 2.75) is 37.9 Å². The third-order valence-corrected chi connectivity index (χ3v) is 3.23. The van der Waals surface area contributed by atoms with Crippen molar-refractivity contribution in [3.8, 4) is 0 Å². The van der Waals surface area contributed by atoms with Gasteiger partial charge in [0, 0.05) is 18.1 Å². The Morgan fingerprint density at radius 2 is 2.11 bits per heavy atom. The van der Waals surface area contributed by atoms with Gasteiger partial charge in [-0.25, -0.2) is 9.97 Å². The third kappa shape index (κ3) is 4.62. The maximum Gasteiger partial charge on any atom is 0.325 e. The molecule has 2 N–H and O–H groups in total. The molecule has 6 heteroatoms. The lowest BCUT2D eigenvalue weighted by atomic mass is 10.0. The fourth-order valence-electron chi connectivity index (χ4n) is 1.21. The predicted octanol–water partition coefficient (Wildman–Crippen LogP) is 1.55. The van der Waals surface area contributed by atoms with Gasteiger partial charge in [0.1, 0.15) is 5.54 Å². The van der Waals surface area contributed by atoms with Gasteiger partial charge in [-0.1, -0.05) is 11.8 Å². The molecule has 18 heavy (non-hydrogen) atoms. The molecule has 0 bridgehead atoms. The van der Waals surface area contributed by atoms with Gasteiger partial charge in [0.15, 0.2) is 5.16 Å². The molecule has 0 saturated carbocycles. The van der Waals surface area contributed by atoms with Crippen LogP contribution in [-0.4, -0.2) is 33.8 Å². The molecule has 0 amide bonds. The number of nitrogens with two attached hydrogens (primary N) is 1. The summed E-state index contributed by atoms with van der Waals surface area (Å²) in [6, 6.07) is 0. The monoisotopic (exact) mass is 269 g/mol. The van der Waals surface area contributed by atoms with Crippen molar-refractivity contribution in [2.24, 2.45) is 5.73 Å². The van der Waals surface area contributed by atoms with Crippen LogP contribution in [0.2, 0.25) is 0 Å². The van der Waals surface area contributed by atoms with Crippen molar-refractivity contribution in [3.05, 3.63) is 18.0 Å². The first-order valence-corrected chi connectivity index (χ1v) is 6.82. The number of nitrogens with zero attached hydrogens (tertiary/aromatic N) is 2. The van der Waals surface area contributed by atoms with Crippen LogP contribution in [0.1, 0.15) is 25.8 Å². The summed E-state index contributed by atoms with van der Waals surface area (Å²) >= 11 is 1.48. The Balaban J connectivity index is 2.41. The molecule has 0 fully saturated rings. The van der Waals surface area contributed by atoms with Gasteiger partial charge in [0.05, 0.1) is 6.61 Å². The summed E-state index contributed by atoms with van der Waals surface area (Å²) in [5.41, 5.74) is 5.98. The van der Waals surface area contributed by atoms with E-state index in [0.717, 1.165) is 5.56 Å². The van der Waals surface area contributed by atoms with E-state index in [2.05, 4.69) is 9.97 Å². The highest BCUT2D eigenvalue weighted by atomic mass is 32.2. The van der Waals surface area contributed by atoms with Gasteiger partial charge in [0.25, 0.3) is 0 Å². The molecule has 0 saturated heterocycles. The zero-order valence-corrected chi connectivity index (χ0v) is 11.8. The van der Waals surface area contributed by atoms with Crippen LogP contribution in [0.25, 0.3) is 0 Å². The molecule has 1 rings (SSSR count). The Hall–Kier alpha value is -1.14. The second kappa shape index (κ2) is 6.70. The van der Waals surface area contributed by atoms with Crippen LogP contribution in [0.3, 0.4) is 0 Å². The van der Waals surface area contributed by atoms with Gasteiger partial charge < -0.3 is 10.5 Å². The van der Waals surface area contributed by atoms with E-state index in [4.69, 9.17) is 10.5 Å². The fourth-order valence-corrected chi connectivity index (χ4v) is 2.17. The lowest BCUT2D eigenvalue weighted by Gasteiger charge is -2.21. The van der Waals surface area contributed by atoms with E-state index < -0.39 is 5.54 Å². The van der Waals surface area contributed by atoms with Crippen LogP contribution in [0.4, 0.5) is 0 Å². The van der Waals surface area contributed by atoms with Crippen LogP contribution in [0, 0.1) is 6.92 Å². The minimum atomic E-state index is -0.951. The first kappa shape index (κ1) is 14.9. The topological polar surface area (TPSA) is 78.1 Å². The van der Waals surface area contributed by atoms with Gasteiger partial charge >= 0.3 is 5.97 Å². The summed E-state index contributed by atoms with van der Waals surface area (Å²) in [5.74, 6) is 0.310. The highest BCUT2D eigenvalue weighted by Crippen LogP contribution is 2.18. The average Bonchev–Trinajstić information content (AvgIpc) is 2.32. The second-order valence-corrected chi connectivity index (χ2v) is 5.34. The molecule has 0 aromatic carbocycles. The van der Waals surface area contributed by atoms with Crippen LogP contribution in [-0.2, 0) is 9.53 Å². The maximum atomic E-state index is 11.6. The van der Waals surface area contributed by atoms with Crippen LogP contribution < -0.4 is 5.73 Å². The van der Waals surface area contributed by atoms with E-state index in [1.807, 2.05) is 6.92 Å². The average molecular weight is 269 g/mol. The molecule has 100 valence electrons. The molecule has 0 spiro atoms. The smallest absolute Gasteiger partial charge is 0.325 e. The normalized spacial score (nSPS) is 14.0. The number of carbonyl (C=O) groups excluding carboxylic acids is 1. The standard InChI is InChI=1S/C12H19N3O2S/c1-4-17-10(16)12(3,13)5-6-18-11-14-7-9(2)8-15-11/h7-8H,4-6,13H2,1-3H3. The molecule has 1 aromatic heterocycles. The zero-order valence-electron chi connectivity index (χ0n) is 11.0. The van der Waals surface area contributed by atoms with E-state index in [0.29, 0.717) is 23.9 Å². The Kier molecular flexibility index (Phi) is 5.55. The van der Waals surface area contributed by atoms with Crippen LogP contribution in [0.5, 0.6) is 0 Å². The number of aryl methyl sites for hydroxylation is 1. The first-order chi connectivity index (χ1) is 8.45. The lowest BCUT2D eigenvalue weighted by molar-refractivity contribution is -0.149. The lowest BCUT2D eigenvalue weighted by Crippen LogP contribution is -2.46. The number of hydrogen-bond acceptors (Lipinski definition) is 6. The van der Waals surface area contributed by atoms with E-state index >= 15 is 0 Å². The molecule has 0 aliphatic carbocycles. The number of thioether (sulfide) groups is 1. The Bertz CT molecular complexity index is 393. The van der Waals surface area contributed by atoms with Crippen molar-refractivity contribution in [1.82, 2.24) is 9.97 Å². The molecule has 5 nitrogen and oxygen atoms in total. The van der Waals surface area contributed by atoms with Gasteiger partial charge in [-0.15, -0.1) is 0 Å². The SMILES string of the molecule is CCOC(=O)C(C)(N)CCSc1ncc(C)cn1. The second-order valence-electron chi connectivity index (χ2n) is 4.28. The number of rotatable bonds is 6. The van der Waals surface area contributed by atoms with E-state index in [1.165, 1.54) is 11.8 Å². The summed E-state index contributed by atoms with van der Waals surface area (Å²) in [7, 11) is 0. The predicted molar refractivity (Wildman–Crippen MR) is 71.3 cm³/mol. The highest BCUT2D eigenvalue weighted by molar-refractivity contribution is 7.99. The quantitative estimate of drug-likeness (QED) is 0.479. The van der Waals surface area contributed by atoms with Crippen molar-refractivity contribution in [3.63, 3.8) is 0 Å². The number of carbonyl (C=O) groups is 1. The Labute approximate surface area is 112 Å². The number of esters is 1. The number of aromatic nitrogens is 2. The third-order valence-electron chi connectivity index (χ3n) is 2.35. The molecule has 1 atom stereocenters. The van der Waals surface area contributed by atoms with Crippen LogP contribution >= 0.6 is 11.8 Å². The molecular weight excluding hydrogens is 250 g/mol. The molecule has 1 aromatic rings. The van der Waals surface area contributed by atoms with Gasteiger partial charge in [-0.3, -0.25) is 4.79 Å². The minimum absolute atomic E-state index is 0.347. The summed E-state index contributed by atoms with van der Waals surface area (Å²) in [4.78, 5) is 19.9. The molecule has 1 unspecified atom stereocenters. The summed E-state index contributed by atoms with van der Waals surface area (Å²) in [5, 5.41) is 0.695. The van der Waals surface area contributed by atoms with Crippen molar-refractivity contribution in [1.29, 1.82) is 0 Å². The molecule has 0 aliphatic rings. The van der Waals surface area contributed by atoms with Gasteiger partial charge in [-0.05, 0) is 32.8 Å². The Morgan fingerprint density at radius 1 is 1.50 bits per heavy atom. The van der Waals surface area contributed by atoms with Crippen molar-refractivity contribution in [2.75, 3.05) is 12.4 Å². The zero-order chi connectivity index (χ0) is 13.6. The molecule has 0 aliphatic heterocycles. The van der Waals surface area contributed by atoms with E-state index in [1.54, 1.807) is 26.2 Å². The van der Waals surface area contributed by atoms with Crippen molar-refractivity contribution >= 4 is 17.7 Å². The van der Waals surface area contributed by atoms with E-state index in [-0.39, 0.29) is 5.97 Å². The number of ether oxygens (including phenoxy) is 1. The summed E-state index contributed by atoms with van der Waals surface area (Å²) in [6.07, 6.45) is 4.05. The Morgan fingerprint density at radius 3 is 2.67 bits per heavy atom. The van der Waals surface area contributed by atoms with E-state index in [9.17, 15) is 4.79 Å². The molecule has 1 heterocycles. The fraction of sp³-hybridized carbons (Fsp3) is 0.583. The maximum absolute atomic E-state index is 11.6. The van der Waals surface area contributed by atoms with Crippen molar-refractivity contribution < 1.29 is 9.53 Å². The molecular formula is C12H19N3O2S. The van der Waals surface area contributed by atoms with Crippen LogP contribution in [0.15, 0.2) is 17.6 Å². The largest absolute Gasteiger partial charge is 0.465 e. The summed E-state index contributed by atoms with van der Waals surface area (Å²) < 4.78 is 4.92. The molecule has 0 radical (unpaired) electrons. The number of hydrogen-bond donors (Lipinski definition) is 1. The van der Waals surface area contributed by atoms with Gasteiger partial charge in [-0.2, -0.15) is 0 Å². The van der Waals surface area contributed by atoms with Gasteiger partial charge in [0.2, 0.25) is 0 Å².